The predicted octanol–water partition coefficient (Wildman–Crippen LogP) is -0.209. The zero-order chi connectivity index (χ0) is 23.2. The molecule has 0 radical (unpaired) electrons. The van der Waals surface area contributed by atoms with Crippen molar-refractivity contribution in [1.29, 1.82) is 0 Å². The van der Waals surface area contributed by atoms with Crippen molar-refractivity contribution in [2.45, 2.75) is 124 Å². The molecule has 1 aliphatic rings. The van der Waals surface area contributed by atoms with Crippen molar-refractivity contribution < 1.29 is 57.7 Å². The molecular weight excluding hydrogens is 531 g/mol. The summed E-state index contributed by atoms with van der Waals surface area (Å²) in [4.78, 5) is 0. The second kappa shape index (κ2) is 16.4. The Hall–Kier alpha value is 0.501. The molecule has 1 aliphatic carbocycles. The quantitative estimate of drug-likeness (QED) is 0.238. The summed E-state index contributed by atoms with van der Waals surface area (Å²) in [7, 11) is -1.77. The van der Waals surface area contributed by atoms with E-state index in [1.807, 2.05) is 0 Å². The Kier molecular flexibility index (Phi) is 17.6. The molecule has 5 heteroatoms. The van der Waals surface area contributed by atoms with Gasteiger partial charge < -0.3 is 37.2 Å². The van der Waals surface area contributed by atoms with Gasteiger partial charge in [-0.15, -0.1) is 0 Å². The molecule has 0 amide bonds. The van der Waals surface area contributed by atoms with Gasteiger partial charge in [-0.2, -0.15) is 0 Å². The second-order valence-corrected chi connectivity index (χ2v) is 16.3. The zero-order valence-corrected chi connectivity index (χ0v) is 27.8. The molecule has 1 aromatic carbocycles. The van der Waals surface area contributed by atoms with Gasteiger partial charge in [-0.05, 0) is 0 Å². The number of halogens is 3. The van der Waals surface area contributed by atoms with Gasteiger partial charge in [0.1, 0.15) is 0 Å². The van der Waals surface area contributed by atoms with E-state index < -0.39 is 8.07 Å². The van der Waals surface area contributed by atoms with Gasteiger partial charge in [0.2, 0.25) is 0 Å². The maximum atomic E-state index is 2.63. The summed E-state index contributed by atoms with van der Waals surface area (Å²) in [6.45, 7) is 19.5. The van der Waals surface area contributed by atoms with Gasteiger partial charge in [-0.3, -0.25) is 0 Å². The van der Waals surface area contributed by atoms with Crippen LogP contribution in [0.5, 0.6) is 0 Å². The minimum absolute atomic E-state index is 0. The third-order valence-electron chi connectivity index (χ3n) is 8.41. The third kappa shape index (κ3) is 8.00. The summed E-state index contributed by atoms with van der Waals surface area (Å²) >= 11 is 2.41. The fourth-order valence-corrected chi connectivity index (χ4v) is 11.1. The SMILES string of the molecule is CCCCCCc1cc(CCCCCC)cc([Si](C)(C)C2(C)C(C)=C(C)C(C)=[C]2[Ti+3])c1.[Cl-].[Cl-].[Cl-]. The molecule has 0 saturated heterocycles. The van der Waals surface area contributed by atoms with E-state index in [-0.39, 0.29) is 42.3 Å². The first-order chi connectivity index (χ1) is 14.6. The standard InChI is InChI=1S/C29H47Si.3ClH.Ti/c1-9-11-13-15-17-26-19-27(18-16-14-12-10-2)21-28(20-26)30(7,8)29(6)22-23(3)24(4)25(29)5;;;;/h19-21H,9-18H2,1-8H3;3*1H;/q;;;;+3/p-3. The molecule has 0 spiro atoms. The molecule has 0 heterocycles. The fraction of sp³-hybridized carbons (Fsp3) is 0.655. The van der Waals surface area contributed by atoms with E-state index in [0.717, 1.165) is 0 Å². The average Bonchev–Trinajstić information content (AvgIpc) is 2.90. The maximum Gasteiger partial charge on any atom is -1.00 e. The minimum atomic E-state index is -1.77. The molecule has 1 atom stereocenters. The Morgan fingerprint density at radius 2 is 1.15 bits per heavy atom. The normalized spacial score (nSPS) is 17.9. The van der Waals surface area contributed by atoms with Crippen molar-refractivity contribution in [3.05, 3.63) is 49.9 Å². The number of aryl methyl sites for hydroxylation is 2. The summed E-state index contributed by atoms with van der Waals surface area (Å²) in [6.07, 6.45) is 13.3. The smallest absolute Gasteiger partial charge is 1.00 e. The van der Waals surface area contributed by atoms with Crippen LogP contribution in [0.15, 0.2) is 38.8 Å². The van der Waals surface area contributed by atoms with E-state index >= 15 is 0 Å². The monoisotopic (exact) mass is 576 g/mol. The van der Waals surface area contributed by atoms with E-state index in [2.05, 4.69) is 93.3 Å². The van der Waals surface area contributed by atoms with Crippen LogP contribution in [0, 0.1) is 0 Å². The van der Waals surface area contributed by atoms with Crippen LogP contribution < -0.4 is 42.4 Å². The molecule has 0 bridgehead atoms. The molecule has 0 saturated carbocycles. The van der Waals surface area contributed by atoms with Crippen LogP contribution in [0.25, 0.3) is 0 Å². The zero-order valence-electron chi connectivity index (χ0n) is 22.9. The third-order valence-corrected chi connectivity index (χ3v) is 15.0. The summed E-state index contributed by atoms with van der Waals surface area (Å²) in [5.74, 6) is 0. The number of hydrogen-bond acceptors (Lipinski definition) is 0. The van der Waals surface area contributed by atoms with Gasteiger partial charge >= 0.3 is 208 Å². The van der Waals surface area contributed by atoms with Gasteiger partial charge in [0.25, 0.3) is 0 Å². The number of unbranched alkanes of at least 4 members (excludes halogenated alkanes) is 6. The molecule has 0 nitrogen and oxygen atoms in total. The van der Waals surface area contributed by atoms with Crippen LogP contribution in [0.2, 0.25) is 18.1 Å². The Bertz CT molecular complexity index is 772. The van der Waals surface area contributed by atoms with Gasteiger partial charge in [0, 0.05) is 0 Å². The minimum Gasteiger partial charge on any atom is -1.00 e. The van der Waals surface area contributed by atoms with E-state index in [4.69, 9.17) is 0 Å². The molecule has 1 unspecified atom stereocenters. The Labute approximate surface area is 243 Å². The average molecular weight is 578 g/mol. The topological polar surface area (TPSA) is 0 Å². The summed E-state index contributed by atoms with van der Waals surface area (Å²) in [5.41, 5.74) is 7.89. The molecule has 192 valence electrons. The largest absolute Gasteiger partial charge is 1.00 e. The van der Waals surface area contributed by atoms with Crippen LogP contribution >= 0.6 is 0 Å². The summed E-state index contributed by atoms with van der Waals surface area (Å²) in [5, 5.41) is 1.90. The van der Waals surface area contributed by atoms with Crippen molar-refractivity contribution in [2.24, 2.45) is 0 Å². The molecule has 2 rings (SSSR count). The fourth-order valence-electron chi connectivity index (χ4n) is 5.40. The first-order valence-electron chi connectivity index (χ1n) is 12.9. The van der Waals surface area contributed by atoms with Crippen LogP contribution in [0.4, 0.5) is 0 Å². The molecule has 1 aromatic rings. The number of benzene rings is 1. The van der Waals surface area contributed by atoms with Crippen LogP contribution in [0.1, 0.15) is 104 Å². The molecule has 0 fully saturated rings. The first-order valence-corrected chi connectivity index (χ1v) is 16.6. The molecule has 34 heavy (non-hydrogen) atoms. The van der Waals surface area contributed by atoms with Crippen LogP contribution in [-0.4, -0.2) is 8.07 Å². The molecule has 0 aliphatic heterocycles. The van der Waals surface area contributed by atoms with Crippen LogP contribution in [-0.2, 0) is 33.3 Å². The van der Waals surface area contributed by atoms with Crippen LogP contribution in [0.3, 0.4) is 0 Å². The van der Waals surface area contributed by atoms with E-state index in [1.165, 1.54) is 75.4 Å². The predicted molar refractivity (Wildman–Crippen MR) is 139 cm³/mol. The van der Waals surface area contributed by atoms with Gasteiger partial charge in [0.15, 0.2) is 0 Å². The van der Waals surface area contributed by atoms with Crippen molar-refractivity contribution in [1.82, 2.24) is 0 Å². The summed E-state index contributed by atoms with van der Waals surface area (Å²) in [6, 6.07) is 7.77. The molecule has 0 aromatic heterocycles. The van der Waals surface area contributed by atoms with Gasteiger partial charge in [-0.25, -0.2) is 0 Å². The second-order valence-electron chi connectivity index (χ2n) is 10.7. The van der Waals surface area contributed by atoms with Crippen molar-refractivity contribution in [3.8, 4) is 0 Å². The first kappa shape index (κ1) is 36.7. The van der Waals surface area contributed by atoms with Crippen molar-refractivity contribution in [2.75, 3.05) is 0 Å². The number of rotatable bonds is 12. The van der Waals surface area contributed by atoms with Gasteiger partial charge in [-0.1, -0.05) is 0 Å². The maximum absolute atomic E-state index is 2.63. The van der Waals surface area contributed by atoms with E-state index in [1.54, 1.807) is 25.8 Å². The Morgan fingerprint density at radius 1 is 0.706 bits per heavy atom. The van der Waals surface area contributed by atoms with E-state index in [0.29, 0.717) is 0 Å². The van der Waals surface area contributed by atoms with E-state index in [9.17, 15) is 0 Å². The Balaban J connectivity index is 0. The number of hydrogen-bond donors (Lipinski definition) is 0. The Morgan fingerprint density at radius 3 is 1.50 bits per heavy atom. The van der Waals surface area contributed by atoms with Gasteiger partial charge in [0.05, 0.1) is 0 Å². The van der Waals surface area contributed by atoms with Crippen molar-refractivity contribution in [3.63, 3.8) is 0 Å². The number of allylic oxidation sites excluding steroid dienone is 4. The van der Waals surface area contributed by atoms with Crippen molar-refractivity contribution >= 4 is 13.3 Å². The summed E-state index contributed by atoms with van der Waals surface area (Å²) < 4.78 is 1.62. The molecular formula is C29H47Cl3SiTi. The molecule has 0 N–H and O–H groups in total.